The molecule has 15 heavy (non-hydrogen) atoms. The minimum absolute atomic E-state index is 0.0462. The highest BCUT2D eigenvalue weighted by Crippen LogP contribution is 2.28. The van der Waals surface area contributed by atoms with Gasteiger partial charge in [0, 0.05) is 23.6 Å². The third kappa shape index (κ3) is 2.51. The van der Waals surface area contributed by atoms with E-state index in [1.807, 2.05) is 19.1 Å². The first-order valence-corrected chi connectivity index (χ1v) is 5.65. The van der Waals surface area contributed by atoms with Gasteiger partial charge in [0.2, 0.25) is 0 Å². The average molecular weight is 226 g/mol. The summed E-state index contributed by atoms with van der Waals surface area (Å²) in [5.41, 5.74) is 8.48. The normalized spacial score (nSPS) is 23.0. The maximum absolute atomic E-state index is 6.20. The van der Waals surface area contributed by atoms with Crippen molar-refractivity contribution in [3.05, 3.63) is 34.3 Å². The van der Waals surface area contributed by atoms with E-state index in [2.05, 4.69) is 6.07 Å². The van der Waals surface area contributed by atoms with Crippen molar-refractivity contribution in [1.29, 1.82) is 0 Å². The van der Waals surface area contributed by atoms with Crippen molar-refractivity contribution in [1.82, 2.24) is 0 Å². The number of benzene rings is 1. The Labute approximate surface area is 95.4 Å². The van der Waals surface area contributed by atoms with Gasteiger partial charge in [0.1, 0.15) is 0 Å². The highest BCUT2D eigenvalue weighted by molar-refractivity contribution is 6.30. The van der Waals surface area contributed by atoms with Crippen molar-refractivity contribution in [2.45, 2.75) is 19.4 Å². The lowest BCUT2D eigenvalue weighted by Crippen LogP contribution is -2.21. The highest BCUT2D eigenvalue weighted by atomic mass is 35.5. The molecule has 0 radical (unpaired) electrons. The Bertz CT molecular complexity index is 327. The van der Waals surface area contributed by atoms with E-state index >= 15 is 0 Å². The van der Waals surface area contributed by atoms with Gasteiger partial charge in [0.15, 0.2) is 0 Å². The van der Waals surface area contributed by atoms with E-state index in [1.165, 1.54) is 0 Å². The lowest BCUT2D eigenvalue weighted by Gasteiger charge is -2.18. The fraction of sp³-hybridized carbons (Fsp3) is 0.500. The van der Waals surface area contributed by atoms with Crippen molar-refractivity contribution in [3.63, 3.8) is 0 Å². The SMILES string of the molecule is Cc1cc(Cl)cc(C(N)C2CCOC2)c1. The van der Waals surface area contributed by atoms with Crippen molar-refractivity contribution >= 4 is 11.6 Å². The van der Waals surface area contributed by atoms with E-state index in [1.54, 1.807) is 0 Å². The zero-order valence-corrected chi connectivity index (χ0v) is 9.63. The summed E-state index contributed by atoms with van der Waals surface area (Å²) in [6.45, 7) is 3.64. The first kappa shape index (κ1) is 10.9. The van der Waals surface area contributed by atoms with Crippen molar-refractivity contribution in [3.8, 4) is 0 Å². The van der Waals surface area contributed by atoms with Gasteiger partial charge in [0.25, 0.3) is 0 Å². The molecule has 82 valence electrons. The molecule has 2 nitrogen and oxygen atoms in total. The van der Waals surface area contributed by atoms with E-state index in [4.69, 9.17) is 22.1 Å². The fourth-order valence-electron chi connectivity index (χ4n) is 2.07. The van der Waals surface area contributed by atoms with Crippen LogP contribution in [0.1, 0.15) is 23.6 Å². The average Bonchev–Trinajstić information content (AvgIpc) is 2.67. The zero-order valence-electron chi connectivity index (χ0n) is 8.87. The molecule has 1 heterocycles. The molecule has 0 aliphatic carbocycles. The van der Waals surface area contributed by atoms with E-state index in [9.17, 15) is 0 Å². The minimum atomic E-state index is 0.0462. The van der Waals surface area contributed by atoms with Gasteiger partial charge in [-0.2, -0.15) is 0 Å². The summed E-state index contributed by atoms with van der Waals surface area (Å²) < 4.78 is 5.35. The summed E-state index contributed by atoms with van der Waals surface area (Å²) in [5, 5.41) is 0.763. The fourth-order valence-corrected chi connectivity index (χ4v) is 2.36. The van der Waals surface area contributed by atoms with Crippen LogP contribution in [0.4, 0.5) is 0 Å². The highest BCUT2D eigenvalue weighted by Gasteiger charge is 2.24. The Kier molecular flexibility index (Phi) is 3.29. The molecule has 1 aromatic carbocycles. The molecule has 2 N–H and O–H groups in total. The first-order valence-electron chi connectivity index (χ1n) is 5.27. The molecular formula is C12H16ClNO. The maximum Gasteiger partial charge on any atom is 0.0513 e. The van der Waals surface area contributed by atoms with Crippen LogP contribution in [0.15, 0.2) is 18.2 Å². The number of aryl methyl sites for hydroxylation is 1. The largest absolute Gasteiger partial charge is 0.381 e. The lowest BCUT2D eigenvalue weighted by atomic mass is 9.92. The van der Waals surface area contributed by atoms with Gasteiger partial charge in [-0.1, -0.05) is 17.7 Å². The van der Waals surface area contributed by atoms with Crippen LogP contribution < -0.4 is 5.73 Å². The number of nitrogens with two attached hydrogens (primary N) is 1. The van der Waals surface area contributed by atoms with Gasteiger partial charge in [-0.3, -0.25) is 0 Å². The Hall–Kier alpha value is -0.570. The molecule has 2 rings (SSSR count). The molecule has 0 spiro atoms. The van der Waals surface area contributed by atoms with Crippen LogP contribution in [-0.2, 0) is 4.74 Å². The Morgan fingerprint density at radius 2 is 2.27 bits per heavy atom. The number of hydrogen-bond acceptors (Lipinski definition) is 2. The summed E-state index contributed by atoms with van der Waals surface area (Å²) in [6.07, 6.45) is 1.05. The van der Waals surface area contributed by atoms with Gasteiger partial charge in [-0.15, -0.1) is 0 Å². The molecule has 3 heteroatoms. The Morgan fingerprint density at radius 1 is 1.47 bits per heavy atom. The van der Waals surface area contributed by atoms with Crippen molar-refractivity contribution < 1.29 is 4.74 Å². The number of rotatable bonds is 2. The first-order chi connectivity index (χ1) is 7.16. The van der Waals surface area contributed by atoms with Crippen LogP contribution >= 0.6 is 11.6 Å². The van der Waals surface area contributed by atoms with Crippen LogP contribution in [0, 0.1) is 12.8 Å². The second-order valence-electron chi connectivity index (χ2n) is 4.21. The standard InChI is InChI=1S/C12H16ClNO/c1-8-4-10(6-11(13)5-8)12(14)9-2-3-15-7-9/h4-6,9,12H,2-3,7,14H2,1H3. The van der Waals surface area contributed by atoms with Crippen molar-refractivity contribution in [2.24, 2.45) is 11.7 Å². The molecule has 0 bridgehead atoms. The van der Waals surface area contributed by atoms with Crippen molar-refractivity contribution in [2.75, 3.05) is 13.2 Å². The molecule has 2 atom stereocenters. The van der Waals surface area contributed by atoms with Gasteiger partial charge in [0.05, 0.1) is 6.61 Å². The number of hydrogen-bond donors (Lipinski definition) is 1. The number of ether oxygens (including phenoxy) is 1. The monoisotopic (exact) mass is 225 g/mol. The molecule has 1 fully saturated rings. The van der Waals surface area contributed by atoms with E-state index < -0.39 is 0 Å². The molecule has 1 aliphatic heterocycles. The van der Waals surface area contributed by atoms with E-state index in [0.29, 0.717) is 5.92 Å². The molecule has 2 unspecified atom stereocenters. The third-order valence-electron chi connectivity index (χ3n) is 2.92. The zero-order chi connectivity index (χ0) is 10.8. The molecule has 1 aromatic rings. The predicted molar refractivity (Wildman–Crippen MR) is 62.0 cm³/mol. The van der Waals surface area contributed by atoms with Gasteiger partial charge in [-0.05, 0) is 36.6 Å². The maximum atomic E-state index is 6.20. The Morgan fingerprint density at radius 3 is 2.87 bits per heavy atom. The second-order valence-corrected chi connectivity index (χ2v) is 4.65. The lowest BCUT2D eigenvalue weighted by molar-refractivity contribution is 0.181. The molecule has 1 aliphatic rings. The summed E-state index contributed by atoms with van der Waals surface area (Å²) in [5.74, 6) is 0.433. The van der Waals surface area contributed by atoms with Crippen LogP contribution in [0.5, 0.6) is 0 Å². The van der Waals surface area contributed by atoms with Crippen LogP contribution in [0.2, 0.25) is 5.02 Å². The van der Waals surface area contributed by atoms with Gasteiger partial charge >= 0.3 is 0 Å². The van der Waals surface area contributed by atoms with E-state index in [-0.39, 0.29) is 6.04 Å². The smallest absolute Gasteiger partial charge is 0.0513 e. The molecule has 0 saturated carbocycles. The summed E-state index contributed by atoms with van der Waals surface area (Å²) in [4.78, 5) is 0. The van der Waals surface area contributed by atoms with Crippen LogP contribution in [-0.4, -0.2) is 13.2 Å². The van der Waals surface area contributed by atoms with Crippen LogP contribution in [0.3, 0.4) is 0 Å². The second kappa shape index (κ2) is 4.52. The molecule has 1 saturated heterocycles. The summed E-state index contributed by atoms with van der Waals surface area (Å²) >= 11 is 6.01. The molecular weight excluding hydrogens is 210 g/mol. The third-order valence-corrected chi connectivity index (χ3v) is 3.14. The van der Waals surface area contributed by atoms with Gasteiger partial charge < -0.3 is 10.5 Å². The topological polar surface area (TPSA) is 35.2 Å². The number of halogens is 1. The minimum Gasteiger partial charge on any atom is -0.381 e. The molecule has 0 amide bonds. The quantitative estimate of drug-likeness (QED) is 0.840. The van der Waals surface area contributed by atoms with Gasteiger partial charge in [-0.25, -0.2) is 0 Å². The van der Waals surface area contributed by atoms with Crippen LogP contribution in [0.25, 0.3) is 0 Å². The summed E-state index contributed by atoms with van der Waals surface area (Å²) in [6, 6.07) is 6.06. The predicted octanol–water partition coefficient (Wildman–Crippen LogP) is 2.68. The van der Waals surface area contributed by atoms with E-state index in [0.717, 1.165) is 35.8 Å². The Balaban J connectivity index is 2.20. The molecule has 0 aromatic heterocycles. The summed E-state index contributed by atoms with van der Waals surface area (Å²) in [7, 11) is 0.